The summed E-state index contributed by atoms with van der Waals surface area (Å²) < 4.78 is 0. The molecule has 1 rings (SSSR count). The van der Waals surface area contributed by atoms with Gasteiger partial charge in [-0.05, 0) is 12.1 Å². The monoisotopic (exact) mass is 190 g/mol. The maximum absolute atomic E-state index is 8.25. The lowest BCUT2D eigenvalue weighted by atomic mass is 10.3. The predicted octanol–water partition coefficient (Wildman–Crippen LogP) is 2.11. The molecule has 0 aliphatic carbocycles. The second-order valence-corrected chi connectivity index (χ2v) is 2.51. The molecule has 0 amide bonds. The van der Waals surface area contributed by atoms with Crippen LogP contribution in [-0.4, -0.2) is 15.4 Å². The van der Waals surface area contributed by atoms with Crippen LogP contribution in [0.5, 0.6) is 0 Å². The summed E-state index contributed by atoms with van der Waals surface area (Å²) >= 11 is 11.0. The summed E-state index contributed by atoms with van der Waals surface area (Å²) in [6.45, 7) is 0. The zero-order valence-corrected chi connectivity index (χ0v) is 6.84. The van der Waals surface area contributed by atoms with Gasteiger partial charge in [-0.1, -0.05) is 28.4 Å². The highest BCUT2D eigenvalue weighted by atomic mass is 35.5. The summed E-state index contributed by atoms with van der Waals surface area (Å²) in [6.07, 6.45) is 1.42. The molecular weight excluding hydrogens is 187 g/mol. The van der Waals surface area contributed by atoms with E-state index in [4.69, 9.17) is 28.4 Å². The standard InChI is InChI=1S/C6H4Cl2N2O/c7-5-2-1-4(3-9-5)6(8)10-11/h1-3,11H. The number of hydrogen-bond acceptors (Lipinski definition) is 3. The zero-order valence-electron chi connectivity index (χ0n) is 5.33. The summed E-state index contributed by atoms with van der Waals surface area (Å²) in [5.74, 6) is 0. The summed E-state index contributed by atoms with van der Waals surface area (Å²) in [4.78, 5) is 3.74. The Morgan fingerprint density at radius 2 is 2.27 bits per heavy atom. The number of hydrogen-bond donors (Lipinski definition) is 1. The van der Waals surface area contributed by atoms with E-state index in [9.17, 15) is 0 Å². The van der Waals surface area contributed by atoms with Gasteiger partial charge in [0.1, 0.15) is 5.15 Å². The van der Waals surface area contributed by atoms with Crippen molar-refractivity contribution in [2.24, 2.45) is 5.16 Å². The van der Waals surface area contributed by atoms with Crippen molar-refractivity contribution < 1.29 is 5.21 Å². The maximum atomic E-state index is 8.25. The molecule has 3 nitrogen and oxygen atoms in total. The van der Waals surface area contributed by atoms with E-state index < -0.39 is 0 Å². The van der Waals surface area contributed by atoms with Crippen molar-refractivity contribution in [2.45, 2.75) is 0 Å². The van der Waals surface area contributed by atoms with Crippen molar-refractivity contribution in [3.05, 3.63) is 29.0 Å². The molecule has 0 aliphatic heterocycles. The Labute approximate surface area is 73.3 Å². The number of pyridine rings is 1. The summed E-state index contributed by atoms with van der Waals surface area (Å²) in [6, 6.07) is 3.17. The highest BCUT2D eigenvalue weighted by Gasteiger charge is 1.99. The van der Waals surface area contributed by atoms with Gasteiger partial charge in [0.2, 0.25) is 0 Å². The van der Waals surface area contributed by atoms with Crippen LogP contribution in [0.4, 0.5) is 0 Å². The van der Waals surface area contributed by atoms with Crippen molar-refractivity contribution in [1.29, 1.82) is 0 Å². The molecular formula is C6H4Cl2N2O. The highest BCUT2D eigenvalue weighted by molar-refractivity contribution is 6.69. The van der Waals surface area contributed by atoms with Crippen molar-refractivity contribution in [2.75, 3.05) is 0 Å². The fraction of sp³-hybridized carbons (Fsp3) is 0. The van der Waals surface area contributed by atoms with Gasteiger partial charge in [-0.3, -0.25) is 0 Å². The molecule has 11 heavy (non-hydrogen) atoms. The first-order valence-corrected chi connectivity index (χ1v) is 3.49. The smallest absolute Gasteiger partial charge is 0.176 e. The minimum absolute atomic E-state index is 0.00540. The number of nitrogens with zero attached hydrogens (tertiary/aromatic N) is 2. The van der Waals surface area contributed by atoms with Crippen LogP contribution < -0.4 is 0 Å². The SMILES string of the molecule is ON=C(Cl)c1ccc(Cl)nc1. The van der Waals surface area contributed by atoms with Crippen LogP contribution in [0.2, 0.25) is 5.15 Å². The van der Waals surface area contributed by atoms with Crippen molar-refractivity contribution >= 4 is 28.4 Å². The molecule has 0 unspecified atom stereocenters. The molecule has 5 heteroatoms. The molecule has 1 aromatic rings. The topological polar surface area (TPSA) is 45.5 Å². The number of aromatic nitrogens is 1. The third-order valence-corrected chi connectivity index (χ3v) is 1.57. The molecule has 0 atom stereocenters. The summed E-state index contributed by atoms with van der Waals surface area (Å²) in [5.41, 5.74) is 0.526. The van der Waals surface area contributed by atoms with Crippen LogP contribution in [0.3, 0.4) is 0 Å². The lowest BCUT2D eigenvalue weighted by molar-refractivity contribution is 0.321. The number of halogens is 2. The summed E-state index contributed by atoms with van der Waals surface area (Å²) in [5, 5.41) is 11.4. The van der Waals surface area contributed by atoms with Gasteiger partial charge in [-0.2, -0.15) is 0 Å². The summed E-state index contributed by atoms with van der Waals surface area (Å²) in [7, 11) is 0. The highest BCUT2D eigenvalue weighted by Crippen LogP contribution is 2.07. The molecule has 0 aromatic carbocycles. The van der Waals surface area contributed by atoms with Crippen molar-refractivity contribution in [3.8, 4) is 0 Å². The third kappa shape index (κ3) is 2.06. The van der Waals surface area contributed by atoms with E-state index in [1.54, 1.807) is 12.1 Å². The first-order chi connectivity index (χ1) is 5.24. The van der Waals surface area contributed by atoms with Gasteiger partial charge in [0, 0.05) is 11.8 Å². The second-order valence-electron chi connectivity index (χ2n) is 1.76. The Morgan fingerprint density at radius 1 is 1.55 bits per heavy atom. The third-order valence-electron chi connectivity index (χ3n) is 1.05. The molecule has 0 saturated heterocycles. The van der Waals surface area contributed by atoms with Gasteiger partial charge in [0.15, 0.2) is 5.17 Å². The van der Waals surface area contributed by atoms with Crippen LogP contribution in [0, 0.1) is 0 Å². The fourth-order valence-corrected chi connectivity index (χ4v) is 0.779. The van der Waals surface area contributed by atoms with Crippen LogP contribution in [0.15, 0.2) is 23.5 Å². The van der Waals surface area contributed by atoms with E-state index in [1.165, 1.54) is 6.20 Å². The van der Waals surface area contributed by atoms with E-state index >= 15 is 0 Å². The Kier molecular flexibility index (Phi) is 2.68. The zero-order chi connectivity index (χ0) is 8.27. The Hall–Kier alpha value is -0.800. The molecule has 1 aromatic heterocycles. The lowest BCUT2D eigenvalue weighted by Crippen LogP contribution is -1.91. The molecule has 1 N–H and O–H groups in total. The molecule has 0 saturated carbocycles. The van der Waals surface area contributed by atoms with E-state index in [2.05, 4.69) is 10.1 Å². The molecule has 0 bridgehead atoms. The fourth-order valence-electron chi connectivity index (χ4n) is 0.556. The van der Waals surface area contributed by atoms with Crippen molar-refractivity contribution in [3.63, 3.8) is 0 Å². The van der Waals surface area contributed by atoms with E-state index in [0.717, 1.165) is 0 Å². The average Bonchev–Trinajstić information content (AvgIpc) is 2.05. The molecule has 58 valence electrons. The Balaban J connectivity index is 2.99. The van der Waals surface area contributed by atoms with E-state index in [-0.39, 0.29) is 5.17 Å². The van der Waals surface area contributed by atoms with Gasteiger partial charge in [-0.25, -0.2) is 4.98 Å². The number of oxime groups is 1. The lowest BCUT2D eigenvalue weighted by Gasteiger charge is -1.93. The first-order valence-electron chi connectivity index (χ1n) is 2.73. The van der Waals surface area contributed by atoms with E-state index in [1.807, 2.05) is 0 Å². The Morgan fingerprint density at radius 3 is 2.73 bits per heavy atom. The molecule has 0 spiro atoms. The Bertz CT molecular complexity index is 270. The normalized spacial score (nSPS) is 11.6. The van der Waals surface area contributed by atoms with Gasteiger partial charge in [0.05, 0.1) is 0 Å². The molecule has 0 radical (unpaired) electrons. The minimum Gasteiger partial charge on any atom is -0.410 e. The predicted molar refractivity (Wildman–Crippen MR) is 43.4 cm³/mol. The van der Waals surface area contributed by atoms with Gasteiger partial charge >= 0.3 is 0 Å². The number of rotatable bonds is 1. The average molecular weight is 191 g/mol. The van der Waals surface area contributed by atoms with E-state index in [0.29, 0.717) is 10.7 Å². The van der Waals surface area contributed by atoms with Crippen LogP contribution >= 0.6 is 23.2 Å². The van der Waals surface area contributed by atoms with Crippen LogP contribution in [-0.2, 0) is 0 Å². The van der Waals surface area contributed by atoms with Gasteiger partial charge in [0.25, 0.3) is 0 Å². The quantitative estimate of drug-likeness (QED) is 0.319. The van der Waals surface area contributed by atoms with Gasteiger partial charge in [-0.15, -0.1) is 0 Å². The van der Waals surface area contributed by atoms with Crippen LogP contribution in [0.1, 0.15) is 5.56 Å². The first kappa shape index (κ1) is 8.30. The van der Waals surface area contributed by atoms with Gasteiger partial charge < -0.3 is 5.21 Å². The molecule has 0 aliphatic rings. The molecule has 1 heterocycles. The largest absolute Gasteiger partial charge is 0.410 e. The minimum atomic E-state index is -0.00540. The van der Waals surface area contributed by atoms with Crippen LogP contribution in [0.25, 0.3) is 0 Å². The second kappa shape index (κ2) is 3.55. The maximum Gasteiger partial charge on any atom is 0.176 e. The molecule has 0 fully saturated rings. The van der Waals surface area contributed by atoms with Crippen molar-refractivity contribution in [1.82, 2.24) is 4.98 Å².